The normalized spacial score (nSPS) is 14.5. The number of ether oxygens (including phenoxy) is 3. The molecular formula is C30H30ClF2N3O4S. The zero-order valence-corrected chi connectivity index (χ0v) is 24.1. The lowest BCUT2D eigenvalue weighted by Crippen LogP contribution is -2.31. The molecule has 41 heavy (non-hydrogen) atoms. The van der Waals surface area contributed by atoms with Gasteiger partial charge in [0, 0.05) is 41.0 Å². The van der Waals surface area contributed by atoms with Crippen LogP contribution in [0.25, 0.3) is 10.9 Å². The summed E-state index contributed by atoms with van der Waals surface area (Å²) in [5.74, 6) is -0.0101. The smallest absolute Gasteiger partial charge is 0.167 e. The number of methoxy groups -OCH3 is 1. The highest BCUT2D eigenvalue weighted by Gasteiger charge is 2.16. The Morgan fingerprint density at radius 2 is 1.78 bits per heavy atom. The van der Waals surface area contributed by atoms with E-state index in [2.05, 4.69) is 14.6 Å². The fourth-order valence-electron chi connectivity index (χ4n) is 4.70. The van der Waals surface area contributed by atoms with E-state index in [1.807, 2.05) is 0 Å². The van der Waals surface area contributed by atoms with E-state index < -0.39 is 22.6 Å². The molecule has 2 heterocycles. The van der Waals surface area contributed by atoms with Gasteiger partial charge in [-0.2, -0.15) is 0 Å². The molecular weight excluding hydrogens is 572 g/mol. The van der Waals surface area contributed by atoms with Gasteiger partial charge in [-0.05, 0) is 74.8 Å². The molecule has 0 aliphatic carbocycles. The molecule has 1 atom stereocenters. The van der Waals surface area contributed by atoms with Gasteiger partial charge in [-0.3, -0.25) is 4.98 Å². The van der Waals surface area contributed by atoms with Crippen molar-refractivity contribution in [2.75, 3.05) is 38.1 Å². The number of hydrogen-bond acceptors (Lipinski definition) is 6. The number of likely N-dealkylation sites (tertiary alicyclic amines) is 1. The Bertz CT molecular complexity index is 1550. The lowest BCUT2D eigenvalue weighted by molar-refractivity contribution is 0.203. The van der Waals surface area contributed by atoms with Gasteiger partial charge in [0.1, 0.15) is 11.6 Å². The Morgan fingerprint density at radius 1 is 0.951 bits per heavy atom. The van der Waals surface area contributed by atoms with Crippen LogP contribution in [0.5, 0.6) is 23.0 Å². The van der Waals surface area contributed by atoms with Crippen LogP contribution in [-0.4, -0.2) is 47.4 Å². The number of pyridine rings is 1. The Labute approximate surface area is 245 Å². The second-order valence-electron chi connectivity index (χ2n) is 9.63. The summed E-state index contributed by atoms with van der Waals surface area (Å²) in [4.78, 5) is 6.80. The average molecular weight is 602 g/mol. The predicted molar refractivity (Wildman–Crippen MR) is 157 cm³/mol. The number of fused-ring (bicyclic) bond motifs is 1. The summed E-state index contributed by atoms with van der Waals surface area (Å²) < 4.78 is 61.8. The minimum atomic E-state index is -1.96. The van der Waals surface area contributed by atoms with Crippen LogP contribution in [0.15, 0.2) is 65.7 Å². The van der Waals surface area contributed by atoms with Gasteiger partial charge in [0.15, 0.2) is 34.1 Å². The fraction of sp³-hybridized carbons (Fsp3) is 0.300. The number of nitrogens with zero attached hydrogens (tertiary/aromatic N) is 2. The van der Waals surface area contributed by atoms with E-state index in [4.69, 9.17) is 25.8 Å². The molecule has 0 bridgehead atoms. The third-order valence-electron chi connectivity index (χ3n) is 6.77. The van der Waals surface area contributed by atoms with Crippen molar-refractivity contribution in [3.05, 3.63) is 77.5 Å². The van der Waals surface area contributed by atoms with Gasteiger partial charge in [0.25, 0.3) is 0 Å². The molecule has 0 amide bonds. The molecule has 0 radical (unpaired) electrons. The zero-order valence-electron chi connectivity index (χ0n) is 22.5. The third-order valence-corrected chi connectivity index (χ3v) is 8.15. The summed E-state index contributed by atoms with van der Waals surface area (Å²) in [6.07, 6.45) is 6.30. The van der Waals surface area contributed by atoms with Crippen molar-refractivity contribution in [2.45, 2.75) is 30.6 Å². The monoisotopic (exact) mass is 601 g/mol. The molecule has 0 spiro atoms. The Kier molecular flexibility index (Phi) is 9.53. The Balaban J connectivity index is 1.27. The maximum absolute atomic E-state index is 15.0. The highest BCUT2D eigenvalue weighted by molar-refractivity contribution is 7.86. The number of halogens is 3. The lowest BCUT2D eigenvalue weighted by atomic mass is 10.1. The highest BCUT2D eigenvalue weighted by Crippen LogP contribution is 2.38. The minimum Gasteiger partial charge on any atom is -0.493 e. The van der Waals surface area contributed by atoms with Crippen molar-refractivity contribution in [3.8, 4) is 23.0 Å². The van der Waals surface area contributed by atoms with E-state index >= 15 is 4.39 Å². The molecule has 1 N–H and O–H groups in total. The molecule has 3 aromatic carbocycles. The maximum atomic E-state index is 15.0. The van der Waals surface area contributed by atoms with Crippen LogP contribution >= 0.6 is 11.6 Å². The molecule has 1 aromatic heterocycles. The van der Waals surface area contributed by atoms with Crippen molar-refractivity contribution in [3.63, 3.8) is 0 Å². The van der Waals surface area contributed by atoms with Gasteiger partial charge in [0.05, 0.1) is 24.1 Å². The standard InChI is InChI=1S/C30H30ClF2N3O4S/c1-38-28-18-22-25(19-29(28)39-15-5-14-36-12-3-2-4-13-36)34-11-10-26(22)40-27-8-7-21(17-23(27)32)35-41(37)30-9-6-20(31)16-24(30)33/h6-11,16-19,35H,2-5,12-15H2,1H3. The maximum Gasteiger partial charge on any atom is 0.167 e. The first-order valence-corrected chi connectivity index (χ1v) is 14.9. The van der Waals surface area contributed by atoms with E-state index in [0.717, 1.165) is 38.2 Å². The minimum absolute atomic E-state index is 0.0523. The molecule has 11 heteroatoms. The first-order valence-electron chi connectivity index (χ1n) is 13.3. The largest absolute Gasteiger partial charge is 0.493 e. The number of benzene rings is 3. The second kappa shape index (κ2) is 13.5. The molecule has 1 saturated heterocycles. The molecule has 5 rings (SSSR count). The molecule has 0 saturated carbocycles. The van der Waals surface area contributed by atoms with Crippen molar-refractivity contribution in [1.82, 2.24) is 9.88 Å². The van der Waals surface area contributed by atoms with E-state index in [-0.39, 0.29) is 21.4 Å². The number of aromatic nitrogens is 1. The van der Waals surface area contributed by atoms with E-state index in [1.165, 1.54) is 43.5 Å². The number of anilines is 1. The number of piperidine rings is 1. The van der Waals surface area contributed by atoms with Crippen molar-refractivity contribution in [2.24, 2.45) is 0 Å². The van der Waals surface area contributed by atoms with Gasteiger partial charge in [-0.25, -0.2) is 13.0 Å². The average Bonchev–Trinajstić information content (AvgIpc) is 2.97. The van der Waals surface area contributed by atoms with Gasteiger partial charge in [-0.1, -0.05) is 18.0 Å². The zero-order chi connectivity index (χ0) is 28.8. The first kappa shape index (κ1) is 29.0. The van der Waals surface area contributed by atoms with Gasteiger partial charge in [0.2, 0.25) is 0 Å². The highest BCUT2D eigenvalue weighted by atomic mass is 35.5. The Morgan fingerprint density at radius 3 is 2.54 bits per heavy atom. The molecule has 216 valence electrons. The molecule has 1 aliphatic rings. The van der Waals surface area contributed by atoms with Crippen molar-refractivity contribution >= 4 is 39.2 Å². The summed E-state index contributed by atoms with van der Waals surface area (Å²) in [6.45, 7) is 3.85. The quantitative estimate of drug-likeness (QED) is 0.181. The van der Waals surface area contributed by atoms with Crippen molar-refractivity contribution < 1.29 is 27.2 Å². The number of rotatable bonds is 11. The summed E-state index contributed by atoms with van der Waals surface area (Å²) in [5.41, 5.74) is 0.791. The summed E-state index contributed by atoms with van der Waals surface area (Å²) in [6, 6.07) is 13.0. The molecule has 1 unspecified atom stereocenters. The van der Waals surface area contributed by atoms with E-state index in [9.17, 15) is 8.60 Å². The molecule has 1 fully saturated rings. The topological polar surface area (TPSA) is 72.9 Å². The number of hydrogen-bond donors (Lipinski definition) is 1. The first-order chi connectivity index (χ1) is 19.9. The van der Waals surface area contributed by atoms with Crippen LogP contribution in [0.2, 0.25) is 5.02 Å². The van der Waals surface area contributed by atoms with Crippen LogP contribution in [0.1, 0.15) is 25.7 Å². The van der Waals surface area contributed by atoms with E-state index in [1.54, 1.807) is 31.5 Å². The van der Waals surface area contributed by atoms with Crippen LogP contribution < -0.4 is 18.9 Å². The SMILES string of the molecule is COc1cc2c(Oc3ccc(NS(=O)c4ccc(Cl)cc4F)cc3F)ccnc2cc1OCCCN1CCCCC1. The van der Waals surface area contributed by atoms with Gasteiger partial charge in [-0.15, -0.1) is 0 Å². The van der Waals surface area contributed by atoms with Gasteiger partial charge >= 0.3 is 0 Å². The van der Waals surface area contributed by atoms with Crippen LogP contribution in [-0.2, 0) is 11.0 Å². The van der Waals surface area contributed by atoms with Crippen LogP contribution in [0.4, 0.5) is 14.5 Å². The summed E-state index contributed by atoms with van der Waals surface area (Å²) in [7, 11) is -0.405. The molecule has 4 aromatic rings. The summed E-state index contributed by atoms with van der Waals surface area (Å²) >= 11 is 5.76. The third kappa shape index (κ3) is 7.25. The fourth-order valence-corrected chi connectivity index (χ4v) is 5.73. The Hall–Kier alpha value is -3.47. The van der Waals surface area contributed by atoms with Gasteiger partial charge < -0.3 is 23.8 Å². The van der Waals surface area contributed by atoms with E-state index in [0.29, 0.717) is 34.8 Å². The lowest BCUT2D eigenvalue weighted by Gasteiger charge is -2.26. The van der Waals surface area contributed by atoms with Crippen LogP contribution in [0, 0.1) is 11.6 Å². The molecule has 1 aliphatic heterocycles. The second-order valence-corrected chi connectivity index (χ2v) is 11.2. The van der Waals surface area contributed by atoms with Crippen LogP contribution in [0.3, 0.4) is 0 Å². The summed E-state index contributed by atoms with van der Waals surface area (Å²) in [5, 5.41) is 0.801. The van der Waals surface area contributed by atoms with Crippen molar-refractivity contribution in [1.29, 1.82) is 0 Å². The predicted octanol–water partition coefficient (Wildman–Crippen LogP) is 7.36. The number of nitrogens with one attached hydrogen (secondary N) is 1. The molecule has 7 nitrogen and oxygen atoms in total.